The molecule has 3 aromatic carbocycles. The summed E-state index contributed by atoms with van der Waals surface area (Å²) < 4.78 is 20.7. The lowest BCUT2D eigenvalue weighted by atomic mass is 9.76. The Morgan fingerprint density at radius 3 is 2.86 bits per heavy atom. The summed E-state index contributed by atoms with van der Waals surface area (Å²) in [5.41, 5.74) is 2.35. The maximum Gasteiger partial charge on any atom is 0.250 e. The number of hydrogen-bond acceptors (Lipinski definition) is 4. The Kier molecular flexibility index (Phi) is 5.25. The molecular weight excluding hydrogens is 490 g/mol. The predicted octanol–water partition coefficient (Wildman–Crippen LogP) is 5.55. The summed E-state index contributed by atoms with van der Waals surface area (Å²) >= 11 is 12.4. The topological polar surface area (TPSA) is 79.0 Å². The van der Waals surface area contributed by atoms with Crippen LogP contribution in [0.25, 0.3) is 10.9 Å². The predicted molar refractivity (Wildman–Crippen MR) is 134 cm³/mol. The summed E-state index contributed by atoms with van der Waals surface area (Å²) in [4.78, 5) is 13.6. The van der Waals surface area contributed by atoms with Crippen LogP contribution in [0.4, 0.5) is 10.1 Å². The number of amides is 1. The van der Waals surface area contributed by atoms with Crippen LogP contribution >= 0.6 is 23.2 Å². The third kappa shape index (κ3) is 3.41. The van der Waals surface area contributed by atoms with E-state index in [-0.39, 0.29) is 17.0 Å². The number of H-pyrrole nitrogens is 1. The molecule has 1 unspecified atom stereocenters. The van der Waals surface area contributed by atoms with Gasteiger partial charge in [-0.2, -0.15) is 5.10 Å². The molecule has 0 saturated carbocycles. The van der Waals surface area contributed by atoms with Crippen molar-refractivity contribution in [2.24, 2.45) is 0 Å². The number of rotatable bonds is 4. The van der Waals surface area contributed by atoms with E-state index in [1.54, 1.807) is 31.4 Å². The zero-order chi connectivity index (χ0) is 24.3. The number of anilines is 1. The number of fused-ring (bicyclic) bond motifs is 3. The highest BCUT2D eigenvalue weighted by molar-refractivity contribution is 6.31. The number of aromatic nitrogens is 2. The third-order valence-electron chi connectivity index (χ3n) is 7.14. The van der Waals surface area contributed by atoms with Crippen LogP contribution in [-0.4, -0.2) is 29.3 Å². The summed E-state index contributed by atoms with van der Waals surface area (Å²) in [5, 5.41) is 15.5. The lowest BCUT2D eigenvalue weighted by Gasteiger charge is -2.30. The van der Waals surface area contributed by atoms with Crippen LogP contribution < -0.4 is 15.4 Å². The van der Waals surface area contributed by atoms with Crippen molar-refractivity contribution in [2.75, 3.05) is 12.4 Å². The zero-order valence-electron chi connectivity index (χ0n) is 18.7. The minimum Gasteiger partial charge on any atom is -0.497 e. The molecule has 3 atom stereocenters. The average molecular weight is 511 g/mol. The van der Waals surface area contributed by atoms with E-state index < -0.39 is 17.3 Å². The van der Waals surface area contributed by atoms with Gasteiger partial charge in [-0.15, -0.1) is 0 Å². The Bertz CT molecular complexity index is 1490. The second kappa shape index (κ2) is 8.22. The second-order valence-corrected chi connectivity index (χ2v) is 9.86. The molecule has 9 heteroatoms. The van der Waals surface area contributed by atoms with Gasteiger partial charge >= 0.3 is 0 Å². The van der Waals surface area contributed by atoms with Gasteiger partial charge in [-0.3, -0.25) is 15.2 Å². The summed E-state index contributed by atoms with van der Waals surface area (Å²) in [6.07, 6.45) is 1.07. The lowest BCUT2D eigenvalue weighted by molar-refractivity contribution is -0.122. The van der Waals surface area contributed by atoms with Crippen molar-refractivity contribution in [3.63, 3.8) is 0 Å². The van der Waals surface area contributed by atoms with E-state index in [2.05, 4.69) is 20.8 Å². The molecule has 2 aliphatic heterocycles. The van der Waals surface area contributed by atoms with Crippen molar-refractivity contribution in [3.05, 3.63) is 87.3 Å². The van der Waals surface area contributed by atoms with Gasteiger partial charge in [0, 0.05) is 45.7 Å². The Balaban J connectivity index is 1.45. The van der Waals surface area contributed by atoms with E-state index in [0.29, 0.717) is 29.1 Å². The van der Waals surface area contributed by atoms with E-state index in [0.717, 1.165) is 27.9 Å². The minimum absolute atomic E-state index is 0.0301. The fourth-order valence-corrected chi connectivity index (χ4v) is 5.95. The zero-order valence-corrected chi connectivity index (χ0v) is 20.2. The summed E-state index contributed by atoms with van der Waals surface area (Å²) in [6.45, 7) is 0. The number of carbonyl (C=O) groups excluding carboxylic acids is 1. The van der Waals surface area contributed by atoms with Gasteiger partial charge in [-0.1, -0.05) is 41.4 Å². The van der Waals surface area contributed by atoms with Crippen molar-refractivity contribution in [3.8, 4) is 5.75 Å². The number of benzene rings is 3. The number of hydrogen-bond donors (Lipinski definition) is 3. The van der Waals surface area contributed by atoms with Crippen LogP contribution in [0.3, 0.4) is 0 Å². The molecule has 3 N–H and O–H groups in total. The normalized spacial score (nSPS) is 23.1. The quantitative estimate of drug-likeness (QED) is 0.336. The van der Waals surface area contributed by atoms with Crippen LogP contribution in [0, 0.1) is 5.82 Å². The first-order chi connectivity index (χ1) is 16.9. The third-order valence-corrected chi connectivity index (χ3v) is 7.66. The maximum absolute atomic E-state index is 15.3. The van der Waals surface area contributed by atoms with Gasteiger partial charge in [0.2, 0.25) is 5.91 Å². The molecule has 2 aliphatic rings. The number of aromatic amines is 1. The van der Waals surface area contributed by atoms with Gasteiger partial charge in [0.05, 0.1) is 17.6 Å². The van der Waals surface area contributed by atoms with Crippen molar-refractivity contribution in [1.82, 2.24) is 15.5 Å². The molecule has 178 valence electrons. The van der Waals surface area contributed by atoms with E-state index in [1.165, 1.54) is 6.07 Å². The Morgan fingerprint density at radius 1 is 1.17 bits per heavy atom. The highest BCUT2D eigenvalue weighted by Gasteiger charge is 2.58. The van der Waals surface area contributed by atoms with Crippen molar-refractivity contribution in [1.29, 1.82) is 0 Å². The van der Waals surface area contributed by atoms with Gasteiger partial charge in [0.1, 0.15) is 17.1 Å². The first-order valence-electron chi connectivity index (χ1n) is 11.2. The molecule has 3 heterocycles. The molecule has 6 nitrogen and oxygen atoms in total. The molecule has 1 fully saturated rings. The van der Waals surface area contributed by atoms with Gasteiger partial charge in [0.25, 0.3) is 0 Å². The molecule has 0 aliphatic carbocycles. The number of methoxy groups -OCH3 is 1. The molecule has 1 saturated heterocycles. The monoisotopic (exact) mass is 510 g/mol. The minimum atomic E-state index is -1.16. The standard InChI is InChI=1S/C26H21Cl2FN4O2/c1-35-15-6-8-21-17(12-15)22(33-32-21)11-14-10-19(16-3-2-4-20(28)24(16)29)26(31-14)18-7-5-13(27)9-23(18)30-25(26)34/h2-9,12,14,19,31H,10-11H2,1H3,(H,30,34)(H,32,33)/t14-,19?,26-/m1/s1. The number of nitrogens with one attached hydrogen (secondary N) is 3. The Hall–Kier alpha value is -3.13. The molecule has 6 rings (SSSR count). The molecule has 1 spiro atoms. The number of halogens is 3. The molecule has 1 amide bonds. The highest BCUT2D eigenvalue weighted by atomic mass is 35.5. The summed E-state index contributed by atoms with van der Waals surface area (Å²) in [7, 11) is 1.62. The van der Waals surface area contributed by atoms with E-state index in [9.17, 15) is 4.79 Å². The van der Waals surface area contributed by atoms with Crippen molar-refractivity contribution >= 4 is 45.7 Å². The first-order valence-corrected chi connectivity index (χ1v) is 12.0. The summed E-state index contributed by atoms with van der Waals surface area (Å²) in [6, 6.07) is 15.8. The van der Waals surface area contributed by atoms with Gasteiger partial charge in [-0.05, 0) is 48.4 Å². The van der Waals surface area contributed by atoms with Crippen LogP contribution in [0.2, 0.25) is 10.0 Å². The SMILES string of the molecule is COc1ccc2n[nH]c(C[C@H]3CC(c4cccc(Cl)c4F)[C@@]4(N3)C(=O)Nc3cc(Cl)ccc34)c2c1. The number of nitrogens with zero attached hydrogens (tertiary/aromatic N) is 1. The molecule has 0 bridgehead atoms. The van der Waals surface area contributed by atoms with E-state index in [1.807, 2.05) is 24.3 Å². The lowest BCUT2D eigenvalue weighted by Crippen LogP contribution is -2.49. The summed E-state index contributed by atoms with van der Waals surface area (Å²) in [5.74, 6) is -0.501. The van der Waals surface area contributed by atoms with Crippen LogP contribution in [0.5, 0.6) is 5.75 Å². The first kappa shape index (κ1) is 22.3. The molecular formula is C26H21Cl2FN4O2. The molecule has 4 aromatic rings. The highest BCUT2D eigenvalue weighted by Crippen LogP contribution is 2.53. The van der Waals surface area contributed by atoms with Crippen LogP contribution in [0.1, 0.15) is 29.2 Å². The maximum atomic E-state index is 15.3. The molecule has 0 radical (unpaired) electrons. The second-order valence-electron chi connectivity index (χ2n) is 9.01. The number of ether oxygens (including phenoxy) is 1. The van der Waals surface area contributed by atoms with E-state index >= 15 is 4.39 Å². The van der Waals surface area contributed by atoms with Gasteiger partial charge in [-0.25, -0.2) is 4.39 Å². The van der Waals surface area contributed by atoms with Crippen LogP contribution in [-0.2, 0) is 16.8 Å². The Morgan fingerprint density at radius 2 is 2.03 bits per heavy atom. The van der Waals surface area contributed by atoms with E-state index in [4.69, 9.17) is 27.9 Å². The average Bonchev–Trinajstić information content (AvgIpc) is 3.50. The fourth-order valence-electron chi connectivity index (χ4n) is 5.59. The van der Waals surface area contributed by atoms with Crippen molar-refractivity contribution < 1.29 is 13.9 Å². The smallest absolute Gasteiger partial charge is 0.250 e. The van der Waals surface area contributed by atoms with Crippen LogP contribution in [0.15, 0.2) is 54.6 Å². The Labute approximate surface area is 210 Å². The van der Waals surface area contributed by atoms with Gasteiger partial charge in [0.15, 0.2) is 0 Å². The van der Waals surface area contributed by atoms with Gasteiger partial charge < -0.3 is 10.1 Å². The van der Waals surface area contributed by atoms with Crippen molar-refractivity contribution in [2.45, 2.75) is 30.3 Å². The largest absolute Gasteiger partial charge is 0.497 e. The number of carbonyl (C=O) groups is 1. The fraction of sp³-hybridized carbons (Fsp3) is 0.231. The molecule has 1 aromatic heterocycles. The molecule has 35 heavy (non-hydrogen) atoms.